The van der Waals surface area contributed by atoms with E-state index >= 15 is 0 Å². The van der Waals surface area contributed by atoms with Gasteiger partial charge in [0.25, 0.3) is 0 Å². The number of hydrogen-bond acceptors (Lipinski definition) is 2. The molecule has 2 nitrogen and oxygen atoms in total. The van der Waals surface area contributed by atoms with Gasteiger partial charge in [-0.2, -0.15) is 0 Å². The van der Waals surface area contributed by atoms with Crippen molar-refractivity contribution in [2.75, 3.05) is 7.05 Å². The Morgan fingerprint density at radius 3 is 2.19 bits per heavy atom. The Morgan fingerprint density at radius 1 is 0.952 bits per heavy atom. The molecular formula is C19H23NO. The van der Waals surface area contributed by atoms with Crippen molar-refractivity contribution in [1.82, 2.24) is 5.32 Å². The van der Waals surface area contributed by atoms with Gasteiger partial charge in [0.15, 0.2) is 0 Å². The molecule has 1 heterocycles. The normalized spacial score (nSPS) is 22.0. The van der Waals surface area contributed by atoms with Crippen LogP contribution in [0.1, 0.15) is 17.5 Å². The average molecular weight is 281 g/mol. The Labute approximate surface area is 127 Å². The maximum atomic E-state index is 5.90. The Bertz CT molecular complexity index is 540. The van der Waals surface area contributed by atoms with Gasteiger partial charge in [-0.1, -0.05) is 60.7 Å². The Hall–Kier alpha value is -1.64. The van der Waals surface area contributed by atoms with Crippen LogP contribution in [-0.4, -0.2) is 25.3 Å². The molecule has 1 N–H and O–H groups in total. The van der Waals surface area contributed by atoms with Crippen molar-refractivity contribution >= 4 is 0 Å². The molecule has 0 radical (unpaired) electrons. The summed E-state index contributed by atoms with van der Waals surface area (Å²) in [4.78, 5) is 0. The molecule has 2 heteroatoms. The highest BCUT2D eigenvalue weighted by Crippen LogP contribution is 2.31. The van der Waals surface area contributed by atoms with Gasteiger partial charge in [0.05, 0.1) is 12.2 Å². The fraction of sp³-hybridized carbons (Fsp3) is 0.368. The highest BCUT2D eigenvalue weighted by atomic mass is 16.6. The van der Waals surface area contributed by atoms with Crippen molar-refractivity contribution in [2.24, 2.45) is 0 Å². The Balaban J connectivity index is 1.49. The van der Waals surface area contributed by atoms with Gasteiger partial charge < -0.3 is 10.1 Å². The molecule has 3 rings (SSSR count). The smallest absolute Gasteiger partial charge is 0.0997 e. The zero-order valence-corrected chi connectivity index (χ0v) is 12.5. The number of ether oxygens (including phenoxy) is 1. The van der Waals surface area contributed by atoms with Crippen LogP contribution in [0.25, 0.3) is 0 Å². The summed E-state index contributed by atoms with van der Waals surface area (Å²) in [6.45, 7) is 0. The van der Waals surface area contributed by atoms with Crippen molar-refractivity contribution in [3.8, 4) is 0 Å². The molecule has 1 saturated heterocycles. The number of rotatable bonds is 7. The lowest BCUT2D eigenvalue weighted by atomic mass is 9.99. The van der Waals surface area contributed by atoms with Crippen LogP contribution in [0.5, 0.6) is 0 Å². The number of hydrogen-bond donors (Lipinski definition) is 1. The van der Waals surface area contributed by atoms with Crippen molar-refractivity contribution in [1.29, 1.82) is 0 Å². The molecule has 0 aliphatic carbocycles. The van der Waals surface area contributed by atoms with Crippen molar-refractivity contribution in [2.45, 2.75) is 37.5 Å². The van der Waals surface area contributed by atoms with Crippen LogP contribution in [0.2, 0.25) is 0 Å². The van der Waals surface area contributed by atoms with Gasteiger partial charge in [0.1, 0.15) is 0 Å². The third-order valence-electron chi connectivity index (χ3n) is 4.25. The summed E-state index contributed by atoms with van der Waals surface area (Å²) in [5.74, 6) is 0. The highest BCUT2D eigenvalue weighted by Gasteiger charge is 2.43. The molecule has 1 aliphatic heterocycles. The maximum Gasteiger partial charge on any atom is 0.0997 e. The van der Waals surface area contributed by atoms with Gasteiger partial charge in [-0.05, 0) is 37.4 Å². The molecule has 2 aromatic carbocycles. The molecule has 2 aromatic rings. The van der Waals surface area contributed by atoms with E-state index in [1.807, 2.05) is 7.05 Å². The molecular weight excluding hydrogens is 258 g/mol. The summed E-state index contributed by atoms with van der Waals surface area (Å²) in [7, 11) is 2.03. The van der Waals surface area contributed by atoms with Crippen LogP contribution in [-0.2, 0) is 17.6 Å². The fourth-order valence-corrected chi connectivity index (χ4v) is 2.95. The van der Waals surface area contributed by atoms with Crippen molar-refractivity contribution in [3.05, 3.63) is 71.8 Å². The monoisotopic (exact) mass is 281 g/mol. The molecule has 0 spiro atoms. The molecule has 1 fully saturated rings. The molecule has 0 saturated carbocycles. The summed E-state index contributed by atoms with van der Waals surface area (Å²) >= 11 is 0. The van der Waals surface area contributed by atoms with E-state index in [-0.39, 0.29) is 0 Å². The number of benzene rings is 2. The van der Waals surface area contributed by atoms with E-state index in [0.29, 0.717) is 18.2 Å². The predicted molar refractivity (Wildman–Crippen MR) is 86.4 cm³/mol. The van der Waals surface area contributed by atoms with Crippen LogP contribution >= 0.6 is 0 Å². The summed E-state index contributed by atoms with van der Waals surface area (Å²) < 4.78 is 5.90. The van der Waals surface area contributed by atoms with E-state index in [1.54, 1.807) is 0 Å². The lowest BCUT2D eigenvalue weighted by Gasteiger charge is -2.13. The van der Waals surface area contributed by atoms with Crippen LogP contribution in [0, 0.1) is 0 Å². The molecule has 0 aromatic heterocycles. The minimum atomic E-state index is 0.360. The highest BCUT2D eigenvalue weighted by molar-refractivity contribution is 5.18. The van der Waals surface area contributed by atoms with Gasteiger partial charge in [-0.25, -0.2) is 0 Å². The first-order valence-corrected chi connectivity index (χ1v) is 7.77. The van der Waals surface area contributed by atoms with Gasteiger partial charge in [0.2, 0.25) is 0 Å². The van der Waals surface area contributed by atoms with E-state index in [1.165, 1.54) is 11.1 Å². The lowest BCUT2D eigenvalue weighted by Crippen LogP contribution is -2.34. The van der Waals surface area contributed by atoms with E-state index in [2.05, 4.69) is 66.0 Å². The zero-order valence-electron chi connectivity index (χ0n) is 12.5. The summed E-state index contributed by atoms with van der Waals surface area (Å²) in [6.07, 6.45) is 4.01. The van der Waals surface area contributed by atoms with Crippen LogP contribution < -0.4 is 5.32 Å². The number of likely N-dealkylation sites (N-methyl/N-ethyl adjacent to an activating group) is 1. The summed E-state index contributed by atoms with van der Waals surface area (Å²) in [5.41, 5.74) is 2.77. The molecule has 3 unspecified atom stereocenters. The van der Waals surface area contributed by atoms with Gasteiger partial charge >= 0.3 is 0 Å². The first-order chi connectivity index (χ1) is 10.4. The molecule has 0 amide bonds. The second kappa shape index (κ2) is 6.88. The lowest BCUT2D eigenvalue weighted by molar-refractivity contribution is 0.327. The minimum Gasteiger partial charge on any atom is -0.368 e. The number of epoxide rings is 1. The minimum absolute atomic E-state index is 0.360. The molecule has 0 bridgehead atoms. The first-order valence-electron chi connectivity index (χ1n) is 7.77. The van der Waals surface area contributed by atoms with E-state index in [4.69, 9.17) is 4.74 Å². The molecule has 3 atom stereocenters. The summed E-state index contributed by atoms with van der Waals surface area (Å²) in [5, 5.41) is 3.42. The molecule has 1 aliphatic rings. The zero-order chi connectivity index (χ0) is 14.5. The van der Waals surface area contributed by atoms with Crippen LogP contribution in [0.3, 0.4) is 0 Å². The van der Waals surface area contributed by atoms with Crippen molar-refractivity contribution in [3.63, 3.8) is 0 Å². The Morgan fingerprint density at radius 2 is 1.57 bits per heavy atom. The SMILES string of the molecule is CNC(Cc1ccccc1)C1OC1CCc1ccccc1. The van der Waals surface area contributed by atoms with Crippen molar-refractivity contribution < 1.29 is 4.74 Å². The topological polar surface area (TPSA) is 24.6 Å². The standard InChI is InChI=1S/C19H23NO/c1-20-17(14-16-10-6-3-7-11-16)19-18(21-19)13-12-15-8-4-2-5-9-15/h2-11,17-20H,12-14H2,1H3. The van der Waals surface area contributed by atoms with E-state index < -0.39 is 0 Å². The largest absolute Gasteiger partial charge is 0.368 e. The average Bonchev–Trinajstić information content (AvgIpc) is 3.32. The fourth-order valence-electron chi connectivity index (χ4n) is 2.95. The second-order valence-corrected chi connectivity index (χ2v) is 5.75. The predicted octanol–water partition coefficient (Wildman–Crippen LogP) is 3.22. The third-order valence-corrected chi connectivity index (χ3v) is 4.25. The number of aryl methyl sites for hydroxylation is 1. The third kappa shape index (κ3) is 3.93. The molecule has 110 valence electrons. The van der Waals surface area contributed by atoms with Gasteiger partial charge in [-0.3, -0.25) is 0 Å². The second-order valence-electron chi connectivity index (χ2n) is 5.75. The van der Waals surface area contributed by atoms with Crippen LogP contribution in [0.4, 0.5) is 0 Å². The maximum absolute atomic E-state index is 5.90. The number of nitrogens with one attached hydrogen (secondary N) is 1. The summed E-state index contributed by atoms with van der Waals surface area (Å²) in [6, 6.07) is 21.7. The quantitative estimate of drug-likeness (QED) is 0.788. The Kier molecular flexibility index (Phi) is 4.69. The van der Waals surface area contributed by atoms with Gasteiger partial charge in [0, 0.05) is 6.04 Å². The first kappa shape index (κ1) is 14.3. The van der Waals surface area contributed by atoms with Crippen LogP contribution in [0.15, 0.2) is 60.7 Å². The van der Waals surface area contributed by atoms with E-state index in [0.717, 1.165) is 19.3 Å². The molecule has 21 heavy (non-hydrogen) atoms. The van der Waals surface area contributed by atoms with Gasteiger partial charge in [-0.15, -0.1) is 0 Å². The van der Waals surface area contributed by atoms with E-state index in [9.17, 15) is 0 Å².